The lowest BCUT2D eigenvalue weighted by Gasteiger charge is -2.25. The second kappa shape index (κ2) is 14.4. The number of carbonyl (C=O) groups excluding carboxylic acids is 2. The molecule has 0 amide bonds. The first-order valence-electron chi connectivity index (χ1n) is 13.4. The number of methoxy groups -OCH3 is 1. The van der Waals surface area contributed by atoms with Crippen LogP contribution in [0.3, 0.4) is 0 Å². The van der Waals surface area contributed by atoms with Gasteiger partial charge < -0.3 is 28.8 Å². The number of benzene rings is 2. The van der Waals surface area contributed by atoms with Crippen LogP contribution in [0.2, 0.25) is 0 Å². The Morgan fingerprint density at radius 1 is 1.02 bits per heavy atom. The summed E-state index contributed by atoms with van der Waals surface area (Å²) in [5, 5.41) is 8.89. The van der Waals surface area contributed by atoms with Crippen molar-refractivity contribution in [3.8, 4) is 17.2 Å². The number of carboxylic acid groups (broad SMARTS) is 1. The number of rotatable bonds is 12. The van der Waals surface area contributed by atoms with Gasteiger partial charge in [-0.2, -0.15) is 0 Å². The van der Waals surface area contributed by atoms with Gasteiger partial charge in [0, 0.05) is 0 Å². The van der Waals surface area contributed by atoms with Gasteiger partial charge in [-0.1, -0.05) is 23.5 Å². The van der Waals surface area contributed by atoms with Gasteiger partial charge in [-0.15, -0.1) is 0 Å². The molecule has 2 heterocycles. The molecular formula is C30H29BrN2O10S. The largest absolute Gasteiger partial charge is 0.490 e. The molecule has 0 fully saturated rings. The molecule has 12 nitrogen and oxygen atoms in total. The minimum atomic E-state index is -1.11. The molecular weight excluding hydrogens is 660 g/mol. The molecule has 1 N–H and O–H groups in total. The second-order valence-electron chi connectivity index (χ2n) is 9.18. The molecule has 232 valence electrons. The van der Waals surface area contributed by atoms with Crippen molar-refractivity contribution in [2.75, 3.05) is 33.5 Å². The maximum atomic E-state index is 14.0. The Morgan fingerprint density at radius 3 is 2.41 bits per heavy atom. The highest BCUT2D eigenvalue weighted by molar-refractivity contribution is 9.10. The number of allylic oxidation sites excluding steroid dienone is 1. The van der Waals surface area contributed by atoms with Gasteiger partial charge in [0.25, 0.3) is 5.56 Å². The summed E-state index contributed by atoms with van der Waals surface area (Å²) in [5.41, 5.74) is 1.38. The molecule has 0 bridgehead atoms. The van der Waals surface area contributed by atoms with E-state index in [4.69, 9.17) is 24.1 Å². The van der Waals surface area contributed by atoms with E-state index in [-0.39, 0.29) is 36.7 Å². The van der Waals surface area contributed by atoms with Gasteiger partial charge in [0.2, 0.25) is 0 Å². The van der Waals surface area contributed by atoms with E-state index in [0.717, 1.165) is 11.3 Å². The van der Waals surface area contributed by atoms with Crippen LogP contribution in [-0.2, 0) is 23.9 Å². The zero-order valence-electron chi connectivity index (χ0n) is 24.2. The number of carboxylic acids is 1. The summed E-state index contributed by atoms with van der Waals surface area (Å²) in [6.45, 7) is 4.74. The van der Waals surface area contributed by atoms with E-state index in [1.165, 1.54) is 11.7 Å². The molecule has 4 rings (SSSR count). The minimum Gasteiger partial charge on any atom is -0.490 e. The van der Waals surface area contributed by atoms with Crippen LogP contribution in [0.4, 0.5) is 0 Å². The van der Waals surface area contributed by atoms with Crippen LogP contribution in [0.15, 0.2) is 61.9 Å². The third kappa shape index (κ3) is 7.19. The van der Waals surface area contributed by atoms with Crippen molar-refractivity contribution in [3.63, 3.8) is 0 Å². The van der Waals surface area contributed by atoms with Crippen LogP contribution in [0.25, 0.3) is 6.08 Å². The topological polar surface area (TPSA) is 152 Å². The summed E-state index contributed by atoms with van der Waals surface area (Å²) in [7, 11) is 1.25. The van der Waals surface area contributed by atoms with Gasteiger partial charge >= 0.3 is 17.9 Å². The first-order valence-corrected chi connectivity index (χ1v) is 15.0. The van der Waals surface area contributed by atoms with Crippen molar-refractivity contribution in [2.45, 2.75) is 26.8 Å². The smallest absolute Gasteiger partial charge is 0.343 e. The zero-order valence-corrected chi connectivity index (χ0v) is 26.7. The summed E-state index contributed by atoms with van der Waals surface area (Å²) >= 11 is 4.53. The quantitative estimate of drug-likeness (QED) is 0.281. The normalized spacial score (nSPS) is 14.4. The van der Waals surface area contributed by atoms with Gasteiger partial charge in [-0.25, -0.2) is 19.4 Å². The number of halogens is 1. The van der Waals surface area contributed by atoms with E-state index in [2.05, 4.69) is 25.7 Å². The fourth-order valence-electron chi connectivity index (χ4n) is 4.40. The Bertz CT molecular complexity index is 1810. The molecule has 0 spiro atoms. The van der Waals surface area contributed by atoms with E-state index in [9.17, 15) is 19.2 Å². The van der Waals surface area contributed by atoms with Gasteiger partial charge in [0.05, 0.1) is 46.6 Å². The first kappa shape index (κ1) is 32.5. The van der Waals surface area contributed by atoms with Crippen molar-refractivity contribution in [1.82, 2.24) is 4.57 Å². The Morgan fingerprint density at radius 2 is 1.75 bits per heavy atom. The molecule has 1 atom stereocenters. The summed E-state index contributed by atoms with van der Waals surface area (Å²) in [6, 6.07) is 9.02. The number of aromatic nitrogens is 1. The lowest BCUT2D eigenvalue weighted by atomic mass is 9.95. The van der Waals surface area contributed by atoms with Crippen molar-refractivity contribution >= 4 is 51.3 Å². The van der Waals surface area contributed by atoms with Crippen molar-refractivity contribution < 1.29 is 43.2 Å². The van der Waals surface area contributed by atoms with Crippen molar-refractivity contribution in [3.05, 3.63) is 83.0 Å². The number of nitrogens with zero attached hydrogens (tertiary/aromatic N) is 2. The number of carbonyl (C=O) groups is 3. The van der Waals surface area contributed by atoms with E-state index >= 15 is 0 Å². The van der Waals surface area contributed by atoms with E-state index in [1.54, 1.807) is 63.2 Å². The lowest BCUT2D eigenvalue weighted by Crippen LogP contribution is -2.40. The number of aliphatic carboxylic acids is 1. The van der Waals surface area contributed by atoms with Gasteiger partial charge in [-0.3, -0.25) is 9.36 Å². The van der Waals surface area contributed by atoms with Crippen LogP contribution in [0, 0.1) is 0 Å². The highest BCUT2D eigenvalue weighted by Crippen LogP contribution is 2.36. The second-order valence-corrected chi connectivity index (χ2v) is 11.0. The summed E-state index contributed by atoms with van der Waals surface area (Å²) in [4.78, 5) is 54.7. The molecule has 0 aliphatic carbocycles. The molecule has 1 aliphatic heterocycles. The minimum absolute atomic E-state index is 0.123. The highest BCUT2D eigenvalue weighted by Gasteiger charge is 2.34. The molecule has 2 aromatic carbocycles. The van der Waals surface area contributed by atoms with Crippen LogP contribution >= 0.6 is 27.3 Å². The van der Waals surface area contributed by atoms with E-state index in [0.29, 0.717) is 42.1 Å². The number of ether oxygens (including phenoxy) is 5. The molecule has 44 heavy (non-hydrogen) atoms. The maximum absolute atomic E-state index is 14.0. The van der Waals surface area contributed by atoms with E-state index in [1.807, 2.05) is 0 Å². The van der Waals surface area contributed by atoms with Crippen molar-refractivity contribution in [2.24, 2.45) is 4.99 Å². The third-order valence-electron chi connectivity index (χ3n) is 6.28. The standard InChI is InChI=1S/C30H29BrN2O10S/c1-5-40-22-13-18(8-10-21(22)43-15-25(36)39-4)27-26(29(38)41-6-2)16(3)32-30-33(27)28(37)23(44-30)12-17-7-9-20(19(31)11-17)42-14-24(34)35/h7-13,27H,5-6,14-15H2,1-4H3,(H,34,35)/b23-12-/t27-/m1/s1. The van der Waals surface area contributed by atoms with Gasteiger partial charge in [-0.05, 0) is 78.2 Å². The molecule has 1 aromatic heterocycles. The van der Waals surface area contributed by atoms with Gasteiger partial charge in [0.15, 0.2) is 29.5 Å². The molecule has 1 aliphatic rings. The number of fused-ring (bicyclic) bond motifs is 1. The molecule has 0 radical (unpaired) electrons. The van der Waals surface area contributed by atoms with Crippen LogP contribution in [0.5, 0.6) is 17.2 Å². The third-order valence-corrected chi connectivity index (χ3v) is 7.88. The van der Waals surface area contributed by atoms with Crippen LogP contribution in [-0.4, -0.2) is 61.1 Å². The molecule has 0 unspecified atom stereocenters. The zero-order chi connectivity index (χ0) is 32.0. The lowest BCUT2D eigenvalue weighted by molar-refractivity contribution is -0.143. The fraction of sp³-hybridized carbons (Fsp3) is 0.300. The summed E-state index contributed by atoms with van der Waals surface area (Å²) < 4.78 is 29.0. The fourth-order valence-corrected chi connectivity index (χ4v) is 5.96. The number of thiazole rings is 1. The molecule has 0 saturated heterocycles. The summed E-state index contributed by atoms with van der Waals surface area (Å²) in [5.74, 6) is -1.35. The Hall–Kier alpha value is -4.43. The SMILES string of the molecule is CCOC(=O)C1=C(C)N=c2s/c(=C\c3ccc(OCC(=O)O)c(Br)c3)c(=O)n2[C@@H]1c1ccc(OCC(=O)OC)c(OCC)c1. The van der Waals surface area contributed by atoms with Crippen molar-refractivity contribution in [1.29, 1.82) is 0 Å². The highest BCUT2D eigenvalue weighted by atomic mass is 79.9. The number of hydrogen-bond donors (Lipinski definition) is 1. The van der Waals surface area contributed by atoms with Crippen LogP contribution < -0.4 is 29.1 Å². The Kier molecular flexibility index (Phi) is 10.6. The maximum Gasteiger partial charge on any atom is 0.343 e. The summed E-state index contributed by atoms with van der Waals surface area (Å²) in [6.07, 6.45) is 1.67. The Labute approximate surface area is 263 Å². The number of hydrogen-bond acceptors (Lipinski definition) is 11. The Balaban J connectivity index is 1.84. The van der Waals surface area contributed by atoms with Gasteiger partial charge in [0.1, 0.15) is 5.75 Å². The average Bonchev–Trinajstić information content (AvgIpc) is 3.28. The predicted octanol–water partition coefficient (Wildman–Crippen LogP) is 2.97. The molecule has 3 aromatic rings. The first-order chi connectivity index (χ1) is 21.1. The monoisotopic (exact) mass is 688 g/mol. The average molecular weight is 690 g/mol. The molecule has 0 saturated carbocycles. The molecule has 14 heteroatoms. The van der Waals surface area contributed by atoms with E-state index < -0.39 is 30.6 Å². The van der Waals surface area contributed by atoms with Crippen LogP contribution in [0.1, 0.15) is 37.9 Å². The number of esters is 2. The predicted molar refractivity (Wildman–Crippen MR) is 163 cm³/mol.